The third kappa shape index (κ3) is 5.05. The predicted octanol–water partition coefficient (Wildman–Crippen LogP) is 2.23. The molecule has 1 aromatic carbocycles. The number of ether oxygens (including phenoxy) is 1. The van der Waals surface area contributed by atoms with Crippen LogP contribution < -0.4 is 10.9 Å². The molecule has 0 spiro atoms. The number of piperidine rings is 1. The molecule has 1 aliphatic heterocycles. The van der Waals surface area contributed by atoms with Crippen LogP contribution in [-0.2, 0) is 16.1 Å². The number of fused-ring (bicyclic) bond motifs is 1. The largest absolute Gasteiger partial charge is 0.465 e. The molecule has 0 saturated carbocycles. The SMILES string of the molecule is CCCCNC(=O)C1CCC(C)N(Cc2nc3cc(C(=O)OC)ccc3c(=O)[nH]2)C1. The van der Waals surface area contributed by atoms with Crippen molar-refractivity contribution in [1.29, 1.82) is 0 Å². The number of rotatable bonds is 7. The minimum Gasteiger partial charge on any atom is -0.465 e. The fourth-order valence-electron chi connectivity index (χ4n) is 3.85. The predicted molar refractivity (Wildman–Crippen MR) is 114 cm³/mol. The second-order valence-corrected chi connectivity index (χ2v) is 7.93. The number of carbonyl (C=O) groups excluding carboxylic acids is 2. The summed E-state index contributed by atoms with van der Waals surface area (Å²) in [6.45, 7) is 6.00. The molecule has 162 valence electrons. The molecule has 30 heavy (non-hydrogen) atoms. The Hall–Kier alpha value is -2.74. The highest BCUT2D eigenvalue weighted by atomic mass is 16.5. The first kappa shape index (κ1) is 22.0. The molecule has 2 N–H and O–H groups in total. The zero-order valence-corrected chi connectivity index (χ0v) is 17.9. The minimum atomic E-state index is -0.470. The van der Waals surface area contributed by atoms with Crippen molar-refractivity contribution >= 4 is 22.8 Å². The van der Waals surface area contributed by atoms with Gasteiger partial charge in [-0.1, -0.05) is 13.3 Å². The van der Waals surface area contributed by atoms with E-state index in [1.165, 1.54) is 7.11 Å². The lowest BCUT2D eigenvalue weighted by Crippen LogP contribution is -2.47. The first-order valence-electron chi connectivity index (χ1n) is 10.6. The Morgan fingerprint density at radius 1 is 1.33 bits per heavy atom. The number of nitrogens with zero attached hydrogens (tertiary/aromatic N) is 2. The highest BCUT2D eigenvalue weighted by Crippen LogP contribution is 2.23. The van der Waals surface area contributed by atoms with Gasteiger partial charge in [-0.2, -0.15) is 0 Å². The standard InChI is InChI=1S/C22H30N4O4/c1-4-5-10-23-20(27)16-7-6-14(2)26(12-16)13-19-24-18-11-15(22(29)30-3)8-9-17(18)21(28)25-19/h8-9,11,14,16H,4-7,10,12-13H2,1-3H3,(H,23,27)(H,24,25,28). The van der Waals surface area contributed by atoms with E-state index >= 15 is 0 Å². The summed E-state index contributed by atoms with van der Waals surface area (Å²) in [5.74, 6) is 0.0923. The molecular formula is C22H30N4O4. The molecule has 8 heteroatoms. The maximum absolute atomic E-state index is 12.5. The van der Waals surface area contributed by atoms with E-state index in [1.54, 1.807) is 18.2 Å². The molecule has 1 amide bonds. The van der Waals surface area contributed by atoms with Gasteiger partial charge in [-0.3, -0.25) is 14.5 Å². The number of aromatic nitrogens is 2. The quantitative estimate of drug-likeness (QED) is 0.532. The van der Waals surface area contributed by atoms with Crippen LogP contribution in [0.15, 0.2) is 23.0 Å². The maximum Gasteiger partial charge on any atom is 0.337 e. The zero-order valence-electron chi connectivity index (χ0n) is 17.9. The molecule has 8 nitrogen and oxygen atoms in total. The van der Waals surface area contributed by atoms with E-state index in [9.17, 15) is 14.4 Å². The number of H-pyrrole nitrogens is 1. The average Bonchev–Trinajstić information content (AvgIpc) is 2.74. The molecule has 0 bridgehead atoms. The van der Waals surface area contributed by atoms with Gasteiger partial charge < -0.3 is 15.0 Å². The molecule has 2 heterocycles. The van der Waals surface area contributed by atoms with Gasteiger partial charge in [-0.25, -0.2) is 9.78 Å². The van der Waals surface area contributed by atoms with Gasteiger partial charge in [0.15, 0.2) is 0 Å². The van der Waals surface area contributed by atoms with Crippen molar-refractivity contribution in [3.05, 3.63) is 39.9 Å². The van der Waals surface area contributed by atoms with E-state index < -0.39 is 5.97 Å². The molecule has 0 radical (unpaired) electrons. The van der Waals surface area contributed by atoms with Crippen LogP contribution in [0, 0.1) is 5.92 Å². The lowest BCUT2D eigenvalue weighted by atomic mass is 9.92. The number of likely N-dealkylation sites (tertiary alicyclic amines) is 1. The van der Waals surface area contributed by atoms with Gasteiger partial charge >= 0.3 is 5.97 Å². The van der Waals surface area contributed by atoms with Gasteiger partial charge in [-0.05, 0) is 44.4 Å². The minimum absolute atomic E-state index is 0.0591. The van der Waals surface area contributed by atoms with Crippen molar-refractivity contribution < 1.29 is 14.3 Å². The van der Waals surface area contributed by atoms with Crippen LogP contribution in [-0.4, -0.2) is 53.0 Å². The summed E-state index contributed by atoms with van der Waals surface area (Å²) in [4.78, 5) is 46.4. The van der Waals surface area contributed by atoms with Crippen LogP contribution in [0.2, 0.25) is 0 Å². The number of unbranched alkanes of at least 4 members (excludes halogenated alkanes) is 1. The van der Waals surface area contributed by atoms with Crippen LogP contribution in [0.3, 0.4) is 0 Å². The topological polar surface area (TPSA) is 104 Å². The Morgan fingerprint density at radius 2 is 2.13 bits per heavy atom. The van der Waals surface area contributed by atoms with E-state index in [0.717, 1.165) is 25.7 Å². The summed E-state index contributed by atoms with van der Waals surface area (Å²) in [7, 11) is 1.32. The molecule has 1 fully saturated rings. The highest BCUT2D eigenvalue weighted by Gasteiger charge is 2.30. The number of hydrogen-bond donors (Lipinski definition) is 2. The summed E-state index contributed by atoms with van der Waals surface area (Å²) in [5.41, 5.74) is 0.560. The number of nitrogens with one attached hydrogen (secondary N) is 2. The first-order valence-corrected chi connectivity index (χ1v) is 10.6. The van der Waals surface area contributed by atoms with E-state index in [0.29, 0.717) is 41.9 Å². The number of methoxy groups -OCH3 is 1. The fraction of sp³-hybridized carbons (Fsp3) is 0.545. The summed E-state index contributed by atoms with van der Waals surface area (Å²) < 4.78 is 4.75. The van der Waals surface area contributed by atoms with Crippen LogP contribution in [0.5, 0.6) is 0 Å². The Kier molecular flexibility index (Phi) is 7.20. The van der Waals surface area contributed by atoms with Crippen molar-refractivity contribution in [2.45, 2.75) is 52.1 Å². The van der Waals surface area contributed by atoms with Gasteiger partial charge in [0.25, 0.3) is 5.56 Å². The third-order valence-electron chi connectivity index (χ3n) is 5.74. The van der Waals surface area contributed by atoms with Gasteiger partial charge in [0.05, 0.1) is 36.0 Å². The van der Waals surface area contributed by atoms with Gasteiger partial charge in [0, 0.05) is 19.1 Å². The molecule has 2 atom stereocenters. The van der Waals surface area contributed by atoms with E-state index in [1.807, 2.05) is 0 Å². The number of amides is 1. The molecule has 1 saturated heterocycles. The third-order valence-corrected chi connectivity index (χ3v) is 5.74. The molecule has 1 aromatic heterocycles. The Bertz CT molecular complexity index is 971. The molecule has 2 unspecified atom stereocenters. The van der Waals surface area contributed by atoms with Crippen molar-refractivity contribution in [1.82, 2.24) is 20.2 Å². The molecule has 1 aliphatic rings. The summed E-state index contributed by atoms with van der Waals surface area (Å²) in [6, 6.07) is 4.99. The van der Waals surface area contributed by atoms with Crippen molar-refractivity contribution in [2.24, 2.45) is 5.92 Å². The van der Waals surface area contributed by atoms with Crippen LogP contribution >= 0.6 is 0 Å². The second kappa shape index (κ2) is 9.84. The number of aromatic amines is 1. The van der Waals surface area contributed by atoms with Crippen molar-refractivity contribution in [3.63, 3.8) is 0 Å². The lowest BCUT2D eigenvalue weighted by Gasteiger charge is -2.37. The van der Waals surface area contributed by atoms with Crippen molar-refractivity contribution in [3.8, 4) is 0 Å². The van der Waals surface area contributed by atoms with Gasteiger partial charge in [-0.15, -0.1) is 0 Å². The first-order chi connectivity index (χ1) is 14.4. The average molecular weight is 415 g/mol. The molecular weight excluding hydrogens is 384 g/mol. The fourth-order valence-corrected chi connectivity index (χ4v) is 3.85. The summed E-state index contributed by atoms with van der Waals surface area (Å²) in [5, 5.41) is 3.45. The van der Waals surface area contributed by atoms with E-state index in [2.05, 4.69) is 34.0 Å². The summed E-state index contributed by atoms with van der Waals surface area (Å²) in [6.07, 6.45) is 3.80. The molecule has 2 aromatic rings. The van der Waals surface area contributed by atoms with Crippen LogP contribution in [0.1, 0.15) is 55.7 Å². The maximum atomic E-state index is 12.5. The van der Waals surface area contributed by atoms with Crippen molar-refractivity contribution in [2.75, 3.05) is 20.2 Å². The van der Waals surface area contributed by atoms with Crippen LogP contribution in [0.25, 0.3) is 10.9 Å². The Morgan fingerprint density at radius 3 is 2.87 bits per heavy atom. The molecule has 0 aliphatic carbocycles. The second-order valence-electron chi connectivity index (χ2n) is 7.93. The van der Waals surface area contributed by atoms with E-state index in [-0.39, 0.29) is 23.4 Å². The number of carbonyl (C=O) groups is 2. The highest BCUT2D eigenvalue weighted by molar-refractivity contribution is 5.93. The zero-order chi connectivity index (χ0) is 21.7. The normalized spacial score (nSPS) is 19.6. The van der Waals surface area contributed by atoms with Crippen LogP contribution in [0.4, 0.5) is 0 Å². The van der Waals surface area contributed by atoms with Gasteiger partial charge in [0.1, 0.15) is 5.82 Å². The lowest BCUT2D eigenvalue weighted by molar-refractivity contribution is -0.127. The number of benzene rings is 1. The smallest absolute Gasteiger partial charge is 0.337 e. The monoisotopic (exact) mass is 414 g/mol. The molecule has 3 rings (SSSR count). The Labute approximate surface area is 176 Å². The van der Waals surface area contributed by atoms with Gasteiger partial charge in [0.2, 0.25) is 5.91 Å². The Balaban J connectivity index is 1.77. The number of hydrogen-bond acceptors (Lipinski definition) is 6. The van der Waals surface area contributed by atoms with E-state index in [4.69, 9.17) is 4.74 Å². The number of esters is 1. The summed E-state index contributed by atoms with van der Waals surface area (Å²) >= 11 is 0.